The molecule has 1 aliphatic rings. The van der Waals surface area contributed by atoms with Gasteiger partial charge in [-0.25, -0.2) is 0 Å². The van der Waals surface area contributed by atoms with E-state index in [1.165, 1.54) is 38.6 Å². The molecule has 0 aromatic rings. The topological polar surface area (TPSA) is 3.24 Å². The molecule has 1 saturated carbocycles. The van der Waals surface area contributed by atoms with Crippen LogP contribution >= 0.6 is 0 Å². The summed E-state index contributed by atoms with van der Waals surface area (Å²) >= 11 is 0. The lowest BCUT2D eigenvalue weighted by Crippen LogP contribution is -2.36. The van der Waals surface area contributed by atoms with Crippen LogP contribution in [0.4, 0.5) is 0 Å². The minimum absolute atomic E-state index is 0. The second kappa shape index (κ2) is 5.75. The Morgan fingerprint density at radius 3 is 2.07 bits per heavy atom. The maximum Gasteiger partial charge on any atom is 0.00318 e. The Kier molecular flexibility index (Phi) is 5.73. The standard InChI is InChI=1S/C12H25N.CH4/c1-5-12(10-13(3)4)8-6-11(2)7-9-12;/h11H,5-10H2,1-4H3;1H4. The van der Waals surface area contributed by atoms with Crippen LogP contribution in [0.25, 0.3) is 0 Å². The molecule has 0 bridgehead atoms. The Balaban J connectivity index is 0.00000169. The van der Waals surface area contributed by atoms with Gasteiger partial charge in [0.1, 0.15) is 0 Å². The van der Waals surface area contributed by atoms with E-state index < -0.39 is 0 Å². The quantitative estimate of drug-likeness (QED) is 0.668. The molecule has 1 nitrogen and oxygen atoms in total. The van der Waals surface area contributed by atoms with Crippen molar-refractivity contribution in [3.8, 4) is 0 Å². The highest BCUT2D eigenvalue weighted by Crippen LogP contribution is 2.41. The SMILES string of the molecule is C.CCC1(CN(C)C)CCC(C)CC1. The third-order valence-electron chi connectivity index (χ3n) is 3.74. The van der Waals surface area contributed by atoms with Crippen molar-refractivity contribution in [2.75, 3.05) is 20.6 Å². The third kappa shape index (κ3) is 3.61. The zero-order chi connectivity index (χ0) is 9.90. The average molecular weight is 199 g/mol. The molecule has 0 saturated heterocycles. The van der Waals surface area contributed by atoms with Gasteiger partial charge < -0.3 is 4.90 Å². The minimum atomic E-state index is 0. The molecule has 0 aromatic carbocycles. The van der Waals surface area contributed by atoms with Gasteiger partial charge in [-0.1, -0.05) is 34.1 Å². The molecule has 0 amide bonds. The van der Waals surface area contributed by atoms with Gasteiger partial charge in [0, 0.05) is 6.54 Å². The molecule has 1 heteroatoms. The predicted molar refractivity (Wildman–Crippen MR) is 65.6 cm³/mol. The summed E-state index contributed by atoms with van der Waals surface area (Å²) in [5, 5.41) is 0. The zero-order valence-corrected chi connectivity index (χ0v) is 9.77. The molecule has 0 N–H and O–H groups in total. The van der Waals surface area contributed by atoms with Gasteiger partial charge in [-0.3, -0.25) is 0 Å². The Morgan fingerprint density at radius 1 is 1.21 bits per heavy atom. The van der Waals surface area contributed by atoms with Crippen molar-refractivity contribution < 1.29 is 0 Å². The molecule has 0 unspecified atom stereocenters. The zero-order valence-electron chi connectivity index (χ0n) is 9.77. The fourth-order valence-electron chi connectivity index (χ4n) is 2.67. The molecule has 0 heterocycles. The van der Waals surface area contributed by atoms with Gasteiger partial charge in [0.2, 0.25) is 0 Å². The molecule has 1 fully saturated rings. The van der Waals surface area contributed by atoms with Gasteiger partial charge in [0.05, 0.1) is 0 Å². The molecule has 0 spiro atoms. The minimum Gasteiger partial charge on any atom is -0.309 e. The highest BCUT2D eigenvalue weighted by Gasteiger charge is 2.32. The van der Waals surface area contributed by atoms with E-state index in [1.54, 1.807) is 0 Å². The van der Waals surface area contributed by atoms with E-state index >= 15 is 0 Å². The van der Waals surface area contributed by atoms with Crippen molar-refractivity contribution in [1.29, 1.82) is 0 Å². The molecule has 1 rings (SSSR count). The van der Waals surface area contributed by atoms with Crippen LogP contribution in [0.1, 0.15) is 53.4 Å². The summed E-state index contributed by atoms with van der Waals surface area (Å²) in [5.41, 5.74) is 0.649. The Hall–Kier alpha value is -0.0400. The van der Waals surface area contributed by atoms with Gasteiger partial charge in [0.15, 0.2) is 0 Å². The van der Waals surface area contributed by atoms with Crippen LogP contribution in [0.2, 0.25) is 0 Å². The van der Waals surface area contributed by atoms with Crippen molar-refractivity contribution in [2.24, 2.45) is 11.3 Å². The fourth-order valence-corrected chi connectivity index (χ4v) is 2.67. The first-order valence-electron chi connectivity index (χ1n) is 5.73. The molecule has 86 valence electrons. The number of hydrogen-bond donors (Lipinski definition) is 0. The molecule has 0 aliphatic heterocycles. The van der Waals surface area contributed by atoms with Crippen LogP contribution in [0.3, 0.4) is 0 Å². The van der Waals surface area contributed by atoms with Crippen molar-refractivity contribution >= 4 is 0 Å². The summed E-state index contributed by atoms with van der Waals surface area (Å²) in [4.78, 5) is 2.36. The van der Waals surface area contributed by atoms with Gasteiger partial charge in [-0.2, -0.15) is 0 Å². The van der Waals surface area contributed by atoms with Crippen LogP contribution in [-0.2, 0) is 0 Å². The van der Waals surface area contributed by atoms with E-state index in [2.05, 4.69) is 32.8 Å². The maximum atomic E-state index is 2.40. The fraction of sp³-hybridized carbons (Fsp3) is 1.00. The Morgan fingerprint density at radius 2 is 1.71 bits per heavy atom. The second-order valence-electron chi connectivity index (χ2n) is 5.27. The lowest BCUT2D eigenvalue weighted by molar-refractivity contribution is 0.107. The average Bonchev–Trinajstić information content (AvgIpc) is 2.09. The van der Waals surface area contributed by atoms with Crippen molar-refractivity contribution in [3.05, 3.63) is 0 Å². The van der Waals surface area contributed by atoms with Crippen LogP contribution in [0, 0.1) is 11.3 Å². The molecular formula is C13H29N. The van der Waals surface area contributed by atoms with Crippen molar-refractivity contribution in [2.45, 2.75) is 53.4 Å². The lowest BCUT2D eigenvalue weighted by atomic mass is 9.69. The summed E-state index contributed by atoms with van der Waals surface area (Å²) < 4.78 is 0. The van der Waals surface area contributed by atoms with Gasteiger partial charge in [-0.05, 0) is 44.7 Å². The van der Waals surface area contributed by atoms with Crippen LogP contribution in [0.5, 0.6) is 0 Å². The number of rotatable bonds is 3. The predicted octanol–water partition coefficient (Wildman–Crippen LogP) is 3.79. The van der Waals surface area contributed by atoms with Gasteiger partial charge >= 0.3 is 0 Å². The van der Waals surface area contributed by atoms with Crippen LogP contribution in [0.15, 0.2) is 0 Å². The first-order chi connectivity index (χ1) is 6.08. The molecule has 0 atom stereocenters. The Labute approximate surface area is 90.9 Å². The first kappa shape index (κ1) is 14.0. The monoisotopic (exact) mass is 199 g/mol. The summed E-state index contributed by atoms with van der Waals surface area (Å²) in [6.07, 6.45) is 7.15. The second-order valence-corrected chi connectivity index (χ2v) is 5.27. The van der Waals surface area contributed by atoms with E-state index in [0.717, 1.165) is 5.92 Å². The maximum absolute atomic E-state index is 2.40. The van der Waals surface area contributed by atoms with Crippen LogP contribution < -0.4 is 0 Å². The third-order valence-corrected chi connectivity index (χ3v) is 3.74. The first-order valence-corrected chi connectivity index (χ1v) is 5.73. The number of hydrogen-bond acceptors (Lipinski definition) is 1. The molecule has 0 aromatic heterocycles. The highest BCUT2D eigenvalue weighted by atomic mass is 15.1. The largest absolute Gasteiger partial charge is 0.309 e. The molecular weight excluding hydrogens is 170 g/mol. The molecule has 14 heavy (non-hydrogen) atoms. The van der Waals surface area contributed by atoms with Gasteiger partial charge in [-0.15, -0.1) is 0 Å². The van der Waals surface area contributed by atoms with Crippen LogP contribution in [-0.4, -0.2) is 25.5 Å². The van der Waals surface area contributed by atoms with E-state index in [4.69, 9.17) is 0 Å². The van der Waals surface area contributed by atoms with E-state index in [0.29, 0.717) is 5.41 Å². The summed E-state index contributed by atoms with van der Waals surface area (Å²) in [6.45, 7) is 6.05. The summed E-state index contributed by atoms with van der Waals surface area (Å²) in [5.74, 6) is 0.974. The number of nitrogens with zero attached hydrogens (tertiary/aromatic N) is 1. The Bertz CT molecular complexity index is 143. The van der Waals surface area contributed by atoms with Gasteiger partial charge in [0.25, 0.3) is 0 Å². The van der Waals surface area contributed by atoms with E-state index in [1.807, 2.05) is 0 Å². The van der Waals surface area contributed by atoms with E-state index in [-0.39, 0.29) is 7.43 Å². The van der Waals surface area contributed by atoms with E-state index in [9.17, 15) is 0 Å². The highest BCUT2D eigenvalue weighted by molar-refractivity contribution is 4.85. The smallest absolute Gasteiger partial charge is 0.00318 e. The summed E-state index contributed by atoms with van der Waals surface area (Å²) in [6, 6.07) is 0. The summed E-state index contributed by atoms with van der Waals surface area (Å²) in [7, 11) is 4.41. The van der Waals surface area contributed by atoms with Crippen molar-refractivity contribution in [1.82, 2.24) is 4.90 Å². The van der Waals surface area contributed by atoms with Crippen molar-refractivity contribution in [3.63, 3.8) is 0 Å². The molecule has 1 aliphatic carbocycles. The lowest BCUT2D eigenvalue weighted by Gasteiger charge is -2.40. The molecule has 0 radical (unpaired) electrons. The normalized spacial score (nSPS) is 32.8.